The maximum Gasteiger partial charge on any atom is 0.267 e. The van der Waals surface area contributed by atoms with Crippen LogP contribution in [-0.4, -0.2) is 25.8 Å². The van der Waals surface area contributed by atoms with Gasteiger partial charge in [-0.1, -0.05) is 70.9 Å². The first-order valence-electron chi connectivity index (χ1n) is 11.5. The van der Waals surface area contributed by atoms with Gasteiger partial charge in [0.1, 0.15) is 10.7 Å². The average molecular weight is 562 g/mol. The Kier molecular flexibility index (Phi) is 7.50. The van der Waals surface area contributed by atoms with Gasteiger partial charge < -0.3 is 10.6 Å². The van der Waals surface area contributed by atoms with Gasteiger partial charge in [0, 0.05) is 10.7 Å². The normalized spacial score (nSPS) is 10.7. The summed E-state index contributed by atoms with van der Waals surface area (Å²) in [7, 11) is 0. The van der Waals surface area contributed by atoms with Gasteiger partial charge in [0.05, 0.1) is 16.9 Å². The summed E-state index contributed by atoms with van der Waals surface area (Å²) in [4.78, 5) is 30.6. The topological polar surface area (TPSA) is 105 Å². The van der Waals surface area contributed by atoms with Crippen LogP contribution in [0, 0.1) is 13.8 Å². The molecule has 0 bridgehead atoms. The summed E-state index contributed by atoms with van der Waals surface area (Å²) in [5.41, 5.74) is 4.40. The van der Waals surface area contributed by atoms with Gasteiger partial charge in [0.25, 0.3) is 5.91 Å². The molecule has 3 aromatic carbocycles. The first-order chi connectivity index (χ1) is 18.3. The summed E-state index contributed by atoms with van der Waals surface area (Å²) < 4.78 is 0. The Morgan fingerprint density at radius 1 is 0.816 bits per heavy atom. The van der Waals surface area contributed by atoms with Gasteiger partial charge in [-0.3, -0.25) is 10.1 Å². The van der Waals surface area contributed by atoms with E-state index in [1.807, 2.05) is 67.6 Å². The number of carbonyl (C=O) groups is 1. The second-order valence-corrected chi connectivity index (χ2v) is 10.2. The molecule has 0 aliphatic carbocycles. The van der Waals surface area contributed by atoms with Crippen LogP contribution in [0.25, 0.3) is 11.1 Å². The highest BCUT2D eigenvalue weighted by Gasteiger charge is 2.15. The standard InChI is InChI=1S/C27H21Cl2N7OS/c1-15-4-3-5-21(29)23(15)34-24(37)22-14-30-27(38-22)36-26-32-16(2)31-25(35-26)33-20-12-8-18(9-13-20)17-6-10-19(28)11-7-17/h3-14H,1-2H3,(H,34,37)(H2,30,31,32,33,35,36). The third kappa shape index (κ3) is 6.08. The molecule has 190 valence electrons. The van der Waals surface area contributed by atoms with Crippen LogP contribution in [0.15, 0.2) is 72.9 Å². The van der Waals surface area contributed by atoms with Crippen molar-refractivity contribution in [2.24, 2.45) is 0 Å². The minimum atomic E-state index is -0.303. The number of anilines is 5. The van der Waals surface area contributed by atoms with Gasteiger partial charge in [-0.2, -0.15) is 15.0 Å². The van der Waals surface area contributed by atoms with Crippen molar-refractivity contribution < 1.29 is 4.79 Å². The van der Waals surface area contributed by atoms with E-state index in [9.17, 15) is 4.79 Å². The van der Waals surface area contributed by atoms with E-state index >= 15 is 0 Å². The van der Waals surface area contributed by atoms with Crippen molar-refractivity contribution in [3.63, 3.8) is 0 Å². The number of nitrogens with one attached hydrogen (secondary N) is 3. The quantitative estimate of drug-likeness (QED) is 0.187. The van der Waals surface area contributed by atoms with Crippen molar-refractivity contribution in [2.75, 3.05) is 16.0 Å². The Morgan fingerprint density at radius 2 is 1.47 bits per heavy atom. The van der Waals surface area contributed by atoms with Crippen molar-refractivity contribution in [1.82, 2.24) is 19.9 Å². The zero-order valence-corrected chi connectivity index (χ0v) is 22.6. The first kappa shape index (κ1) is 25.6. The predicted octanol–water partition coefficient (Wildman–Crippen LogP) is 7.66. The number of rotatable bonds is 7. The second kappa shape index (κ2) is 11.1. The molecule has 0 saturated carbocycles. The summed E-state index contributed by atoms with van der Waals surface area (Å²) in [5, 5.41) is 10.7. The van der Waals surface area contributed by atoms with Crippen LogP contribution in [0.3, 0.4) is 0 Å². The van der Waals surface area contributed by atoms with E-state index in [0.29, 0.717) is 43.5 Å². The number of benzene rings is 3. The van der Waals surface area contributed by atoms with Gasteiger partial charge in [-0.15, -0.1) is 0 Å². The minimum absolute atomic E-state index is 0.303. The molecule has 0 saturated heterocycles. The predicted molar refractivity (Wildman–Crippen MR) is 154 cm³/mol. The van der Waals surface area contributed by atoms with E-state index in [4.69, 9.17) is 23.2 Å². The van der Waals surface area contributed by atoms with Crippen molar-refractivity contribution >= 4 is 68.8 Å². The number of hydrogen-bond donors (Lipinski definition) is 3. The number of aryl methyl sites for hydroxylation is 2. The highest BCUT2D eigenvalue weighted by molar-refractivity contribution is 7.17. The maximum absolute atomic E-state index is 12.7. The molecule has 5 aromatic rings. The Morgan fingerprint density at radius 3 is 2.16 bits per heavy atom. The molecule has 0 aliphatic rings. The molecule has 5 rings (SSSR count). The molecule has 11 heteroatoms. The number of amides is 1. The molecule has 0 atom stereocenters. The molecular weight excluding hydrogens is 541 g/mol. The summed E-state index contributed by atoms with van der Waals surface area (Å²) in [6, 6.07) is 21.0. The lowest BCUT2D eigenvalue weighted by molar-refractivity contribution is 0.103. The summed E-state index contributed by atoms with van der Waals surface area (Å²) in [5.74, 6) is 0.901. The van der Waals surface area contributed by atoms with E-state index < -0.39 is 0 Å². The lowest BCUT2D eigenvalue weighted by atomic mass is 10.1. The van der Waals surface area contributed by atoms with Gasteiger partial charge in [-0.25, -0.2) is 4.98 Å². The van der Waals surface area contributed by atoms with Gasteiger partial charge in [0.15, 0.2) is 5.13 Å². The van der Waals surface area contributed by atoms with Crippen molar-refractivity contribution in [1.29, 1.82) is 0 Å². The van der Waals surface area contributed by atoms with E-state index in [0.717, 1.165) is 22.4 Å². The zero-order valence-electron chi connectivity index (χ0n) is 20.3. The van der Waals surface area contributed by atoms with Crippen LogP contribution in [0.4, 0.5) is 28.4 Å². The highest BCUT2D eigenvalue weighted by atomic mass is 35.5. The first-order valence-corrected chi connectivity index (χ1v) is 13.1. The molecule has 2 heterocycles. The molecule has 0 radical (unpaired) electrons. The van der Waals surface area contributed by atoms with E-state index in [-0.39, 0.29) is 5.91 Å². The van der Waals surface area contributed by atoms with E-state index in [2.05, 4.69) is 35.9 Å². The van der Waals surface area contributed by atoms with E-state index in [1.54, 1.807) is 13.0 Å². The summed E-state index contributed by atoms with van der Waals surface area (Å²) in [6.07, 6.45) is 1.49. The fraction of sp³-hybridized carbons (Fsp3) is 0.0741. The SMILES string of the molecule is Cc1nc(Nc2ccc(-c3ccc(Cl)cc3)cc2)nc(Nc2ncc(C(=O)Nc3c(C)cccc3Cl)s2)n1. The fourth-order valence-electron chi connectivity index (χ4n) is 3.61. The Balaban J connectivity index is 1.27. The Hall–Kier alpha value is -4.05. The summed E-state index contributed by atoms with van der Waals surface area (Å²) >= 11 is 13.4. The fourth-order valence-corrected chi connectivity index (χ4v) is 4.71. The number of para-hydroxylation sites is 1. The molecule has 3 N–H and O–H groups in total. The third-order valence-electron chi connectivity index (χ3n) is 5.47. The molecule has 0 unspecified atom stereocenters. The lowest BCUT2D eigenvalue weighted by Crippen LogP contribution is -2.11. The third-order valence-corrected chi connectivity index (χ3v) is 6.95. The van der Waals surface area contributed by atoms with Crippen LogP contribution in [0.1, 0.15) is 21.1 Å². The molecule has 0 aliphatic heterocycles. The number of nitrogens with zero attached hydrogens (tertiary/aromatic N) is 4. The molecular formula is C27H21Cl2N7OS. The van der Waals surface area contributed by atoms with E-state index in [1.165, 1.54) is 17.5 Å². The maximum atomic E-state index is 12.7. The summed E-state index contributed by atoms with van der Waals surface area (Å²) in [6.45, 7) is 3.65. The van der Waals surface area contributed by atoms with Crippen LogP contribution in [-0.2, 0) is 0 Å². The molecule has 38 heavy (non-hydrogen) atoms. The highest BCUT2D eigenvalue weighted by Crippen LogP contribution is 2.28. The number of thiazole rings is 1. The van der Waals surface area contributed by atoms with Crippen LogP contribution < -0.4 is 16.0 Å². The van der Waals surface area contributed by atoms with Gasteiger partial charge in [0.2, 0.25) is 11.9 Å². The van der Waals surface area contributed by atoms with Crippen LogP contribution in [0.2, 0.25) is 10.0 Å². The molecule has 0 spiro atoms. The minimum Gasteiger partial charge on any atom is -0.324 e. The number of hydrogen-bond acceptors (Lipinski definition) is 8. The largest absolute Gasteiger partial charge is 0.324 e. The molecule has 0 fully saturated rings. The number of halogens is 2. The lowest BCUT2D eigenvalue weighted by Gasteiger charge is -2.09. The molecule has 8 nitrogen and oxygen atoms in total. The zero-order chi connectivity index (χ0) is 26.6. The van der Waals surface area contributed by atoms with Crippen molar-refractivity contribution in [3.8, 4) is 11.1 Å². The molecule has 2 aromatic heterocycles. The van der Waals surface area contributed by atoms with Crippen LogP contribution >= 0.6 is 34.5 Å². The smallest absolute Gasteiger partial charge is 0.267 e. The second-order valence-electron chi connectivity index (χ2n) is 8.28. The van der Waals surface area contributed by atoms with Gasteiger partial charge in [-0.05, 0) is 60.9 Å². The number of carbonyl (C=O) groups excluding carboxylic acids is 1. The van der Waals surface area contributed by atoms with Crippen molar-refractivity contribution in [2.45, 2.75) is 13.8 Å². The Labute approximate surface area is 233 Å². The molecule has 1 amide bonds. The van der Waals surface area contributed by atoms with Gasteiger partial charge >= 0.3 is 0 Å². The average Bonchev–Trinajstić information content (AvgIpc) is 3.35. The van der Waals surface area contributed by atoms with Crippen molar-refractivity contribution in [3.05, 3.63) is 99.2 Å². The number of aromatic nitrogens is 4. The monoisotopic (exact) mass is 561 g/mol. The van der Waals surface area contributed by atoms with Crippen LogP contribution in [0.5, 0.6) is 0 Å². The Bertz CT molecular complexity index is 1590.